The third kappa shape index (κ3) is 5.23. The molecule has 6 heteroatoms. The zero-order valence-corrected chi connectivity index (χ0v) is 17.5. The second kappa shape index (κ2) is 8.61. The third-order valence-electron chi connectivity index (χ3n) is 4.41. The van der Waals surface area contributed by atoms with E-state index in [0.717, 1.165) is 11.1 Å². The summed E-state index contributed by atoms with van der Waals surface area (Å²) in [5, 5.41) is 8.56. The molecule has 5 nitrogen and oxygen atoms in total. The monoisotopic (exact) mass is 395 g/mol. The molecule has 0 aliphatic rings. The van der Waals surface area contributed by atoms with Gasteiger partial charge in [0.15, 0.2) is 0 Å². The van der Waals surface area contributed by atoms with Crippen LogP contribution in [0.25, 0.3) is 11.5 Å². The van der Waals surface area contributed by atoms with Gasteiger partial charge in [0.2, 0.25) is 11.8 Å². The molecule has 0 radical (unpaired) electrons. The van der Waals surface area contributed by atoms with Crippen LogP contribution in [0.1, 0.15) is 31.9 Å². The Bertz CT molecular complexity index is 915. The first-order valence-electron chi connectivity index (χ1n) is 9.18. The summed E-state index contributed by atoms with van der Waals surface area (Å²) >= 11 is 1.26. The number of amides is 1. The molecule has 0 saturated heterocycles. The number of benzene rings is 2. The van der Waals surface area contributed by atoms with Crippen molar-refractivity contribution in [3.8, 4) is 11.5 Å². The van der Waals surface area contributed by atoms with Gasteiger partial charge in [0.05, 0.1) is 5.75 Å². The van der Waals surface area contributed by atoms with E-state index in [1.54, 1.807) is 11.9 Å². The molecule has 0 aliphatic carbocycles. The summed E-state index contributed by atoms with van der Waals surface area (Å²) in [5.74, 6) is 0.740. The van der Waals surface area contributed by atoms with Crippen LogP contribution in [-0.4, -0.2) is 33.8 Å². The highest BCUT2D eigenvalue weighted by atomic mass is 32.2. The van der Waals surface area contributed by atoms with E-state index in [2.05, 4.69) is 43.1 Å². The number of nitrogens with zero attached hydrogens (tertiary/aromatic N) is 3. The highest BCUT2D eigenvalue weighted by molar-refractivity contribution is 7.99. The number of hydrogen-bond acceptors (Lipinski definition) is 5. The van der Waals surface area contributed by atoms with E-state index in [1.165, 1.54) is 17.3 Å². The molecule has 1 amide bonds. The van der Waals surface area contributed by atoms with Crippen molar-refractivity contribution in [2.24, 2.45) is 0 Å². The summed E-state index contributed by atoms with van der Waals surface area (Å²) in [7, 11) is 1.80. The van der Waals surface area contributed by atoms with Crippen LogP contribution in [0.3, 0.4) is 0 Å². The summed E-state index contributed by atoms with van der Waals surface area (Å²) in [6.45, 7) is 7.11. The smallest absolute Gasteiger partial charge is 0.277 e. The molecule has 3 rings (SSSR count). The van der Waals surface area contributed by atoms with Crippen molar-refractivity contribution in [1.82, 2.24) is 15.1 Å². The zero-order chi connectivity index (χ0) is 20.1. The van der Waals surface area contributed by atoms with E-state index in [0.29, 0.717) is 17.7 Å². The van der Waals surface area contributed by atoms with E-state index in [4.69, 9.17) is 4.42 Å². The average Bonchev–Trinajstić information content (AvgIpc) is 3.15. The van der Waals surface area contributed by atoms with Crippen LogP contribution in [0.2, 0.25) is 0 Å². The van der Waals surface area contributed by atoms with E-state index >= 15 is 0 Å². The number of rotatable bonds is 6. The lowest BCUT2D eigenvalue weighted by Gasteiger charge is -2.18. The average molecular weight is 396 g/mol. The topological polar surface area (TPSA) is 59.2 Å². The van der Waals surface area contributed by atoms with Crippen molar-refractivity contribution < 1.29 is 9.21 Å². The molecule has 1 aromatic heterocycles. The second-order valence-electron chi connectivity index (χ2n) is 7.72. The lowest BCUT2D eigenvalue weighted by Crippen LogP contribution is -2.27. The summed E-state index contributed by atoms with van der Waals surface area (Å²) in [4.78, 5) is 14.0. The van der Waals surface area contributed by atoms with Gasteiger partial charge in [0.1, 0.15) is 0 Å². The van der Waals surface area contributed by atoms with Crippen molar-refractivity contribution in [1.29, 1.82) is 0 Å². The molecular formula is C22H25N3O2S. The second-order valence-corrected chi connectivity index (χ2v) is 8.65. The number of hydrogen-bond donors (Lipinski definition) is 0. The number of aromatic nitrogens is 2. The molecule has 0 fully saturated rings. The fraction of sp³-hybridized carbons (Fsp3) is 0.318. The Kier molecular flexibility index (Phi) is 6.19. The number of carbonyl (C=O) groups excluding carboxylic acids is 1. The fourth-order valence-electron chi connectivity index (χ4n) is 2.68. The maximum absolute atomic E-state index is 12.3. The predicted molar refractivity (Wildman–Crippen MR) is 112 cm³/mol. The van der Waals surface area contributed by atoms with Gasteiger partial charge in [-0.1, -0.05) is 75.0 Å². The van der Waals surface area contributed by atoms with Crippen LogP contribution in [0, 0.1) is 0 Å². The quantitative estimate of drug-likeness (QED) is 0.562. The first-order valence-corrected chi connectivity index (χ1v) is 10.2. The molecular weight excluding hydrogens is 370 g/mol. The highest BCUT2D eigenvalue weighted by Crippen LogP contribution is 2.27. The minimum absolute atomic E-state index is 0.0168. The summed E-state index contributed by atoms with van der Waals surface area (Å²) in [6.07, 6.45) is 0. The lowest BCUT2D eigenvalue weighted by atomic mass is 9.87. The van der Waals surface area contributed by atoms with Gasteiger partial charge < -0.3 is 9.32 Å². The van der Waals surface area contributed by atoms with Gasteiger partial charge in [-0.05, 0) is 28.7 Å². The largest absolute Gasteiger partial charge is 0.411 e. The molecule has 0 atom stereocenters. The van der Waals surface area contributed by atoms with Crippen LogP contribution >= 0.6 is 11.8 Å². The maximum Gasteiger partial charge on any atom is 0.277 e. The summed E-state index contributed by atoms with van der Waals surface area (Å²) < 4.78 is 5.71. The predicted octanol–water partition coefficient (Wildman–Crippen LogP) is 4.78. The zero-order valence-electron chi connectivity index (χ0n) is 16.7. The first kappa shape index (κ1) is 20.1. The van der Waals surface area contributed by atoms with Gasteiger partial charge in [0.25, 0.3) is 5.22 Å². The molecule has 0 unspecified atom stereocenters. The lowest BCUT2D eigenvalue weighted by molar-refractivity contribution is -0.127. The van der Waals surface area contributed by atoms with Crippen molar-refractivity contribution in [2.75, 3.05) is 12.8 Å². The third-order valence-corrected chi connectivity index (χ3v) is 5.22. The van der Waals surface area contributed by atoms with Gasteiger partial charge in [-0.2, -0.15) is 0 Å². The van der Waals surface area contributed by atoms with Crippen LogP contribution in [0.5, 0.6) is 0 Å². The molecule has 1 heterocycles. The Hall–Kier alpha value is -2.60. The van der Waals surface area contributed by atoms with Crippen LogP contribution in [-0.2, 0) is 16.8 Å². The Morgan fingerprint density at radius 1 is 1.04 bits per heavy atom. The minimum Gasteiger partial charge on any atom is -0.411 e. The van der Waals surface area contributed by atoms with Crippen molar-refractivity contribution in [2.45, 2.75) is 38.0 Å². The molecule has 0 spiro atoms. The summed E-state index contributed by atoms with van der Waals surface area (Å²) in [6, 6.07) is 18.0. The first-order chi connectivity index (χ1) is 13.3. The fourth-order valence-corrected chi connectivity index (χ4v) is 3.38. The number of thioether (sulfide) groups is 1. The molecule has 28 heavy (non-hydrogen) atoms. The molecule has 0 aliphatic heterocycles. The van der Waals surface area contributed by atoms with E-state index in [9.17, 15) is 4.79 Å². The van der Waals surface area contributed by atoms with Crippen LogP contribution in [0.15, 0.2) is 64.2 Å². The molecule has 0 saturated carbocycles. The van der Waals surface area contributed by atoms with E-state index in [1.807, 2.05) is 42.5 Å². The molecule has 0 N–H and O–H groups in total. The van der Waals surface area contributed by atoms with Gasteiger partial charge in [-0.25, -0.2) is 0 Å². The molecule has 146 valence electrons. The summed E-state index contributed by atoms with van der Waals surface area (Å²) in [5.41, 5.74) is 3.32. The van der Waals surface area contributed by atoms with Gasteiger partial charge in [-0.3, -0.25) is 4.79 Å². The maximum atomic E-state index is 12.3. The van der Waals surface area contributed by atoms with E-state index < -0.39 is 0 Å². The standard InChI is InChI=1S/C22H25N3O2S/c1-22(2,3)18-12-10-17(11-13-18)20-23-24-21(27-20)28-15-19(26)25(4)14-16-8-6-5-7-9-16/h5-13H,14-15H2,1-4H3. The van der Waals surface area contributed by atoms with Crippen LogP contribution in [0.4, 0.5) is 0 Å². The minimum atomic E-state index is 0.0168. The SMILES string of the molecule is CN(Cc1ccccc1)C(=O)CSc1nnc(-c2ccc(C(C)(C)C)cc2)o1. The Morgan fingerprint density at radius 3 is 2.36 bits per heavy atom. The molecule has 3 aromatic rings. The highest BCUT2D eigenvalue weighted by Gasteiger charge is 2.16. The normalized spacial score (nSPS) is 11.4. The molecule has 2 aromatic carbocycles. The van der Waals surface area contributed by atoms with Crippen molar-refractivity contribution in [3.05, 3.63) is 65.7 Å². The van der Waals surface area contributed by atoms with Crippen molar-refractivity contribution in [3.63, 3.8) is 0 Å². The van der Waals surface area contributed by atoms with Gasteiger partial charge in [0, 0.05) is 19.2 Å². The molecule has 0 bridgehead atoms. The van der Waals surface area contributed by atoms with E-state index in [-0.39, 0.29) is 17.1 Å². The Morgan fingerprint density at radius 2 is 1.71 bits per heavy atom. The Balaban J connectivity index is 1.56. The van der Waals surface area contributed by atoms with Crippen LogP contribution < -0.4 is 0 Å². The van der Waals surface area contributed by atoms with Gasteiger partial charge >= 0.3 is 0 Å². The van der Waals surface area contributed by atoms with Gasteiger partial charge in [-0.15, -0.1) is 10.2 Å². The Labute approximate surface area is 170 Å². The van der Waals surface area contributed by atoms with Crippen molar-refractivity contribution >= 4 is 17.7 Å². The number of carbonyl (C=O) groups is 1.